The van der Waals surface area contributed by atoms with Crippen LogP contribution in [0.25, 0.3) is 0 Å². The zero-order valence-electron chi connectivity index (χ0n) is 13.7. The molecule has 2 fully saturated rings. The Hall–Kier alpha value is -0.160. The highest BCUT2D eigenvalue weighted by Gasteiger charge is 2.40. The van der Waals surface area contributed by atoms with Gasteiger partial charge in [-0.05, 0) is 32.2 Å². The molecule has 0 aliphatic carbocycles. The average molecular weight is 284 g/mol. The smallest absolute Gasteiger partial charge is 0.106 e. The molecule has 0 radical (unpaired) electrons. The third-order valence-corrected chi connectivity index (χ3v) is 5.35. The number of likely N-dealkylation sites (tertiary alicyclic amines) is 1. The van der Waals surface area contributed by atoms with Crippen molar-refractivity contribution < 1.29 is 9.47 Å². The molecular weight excluding hydrogens is 252 g/mol. The number of rotatable bonds is 6. The maximum atomic E-state index is 5.79. The number of piperidine rings is 1. The summed E-state index contributed by atoms with van der Waals surface area (Å²) in [5.41, 5.74) is -0.0718. The number of methoxy groups -OCH3 is 1. The van der Waals surface area contributed by atoms with E-state index in [0.717, 1.165) is 39.3 Å². The highest BCUT2D eigenvalue weighted by molar-refractivity contribution is 4.94. The van der Waals surface area contributed by atoms with E-state index in [4.69, 9.17) is 9.47 Å². The minimum atomic E-state index is -0.0718. The molecule has 0 aromatic heterocycles. The van der Waals surface area contributed by atoms with E-state index in [2.05, 4.69) is 31.0 Å². The van der Waals surface area contributed by atoms with Crippen molar-refractivity contribution in [3.63, 3.8) is 0 Å². The fraction of sp³-hybridized carbons (Fsp3) is 1.00. The largest absolute Gasteiger partial charge is 0.378 e. The van der Waals surface area contributed by atoms with Gasteiger partial charge in [-0.2, -0.15) is 0 Å². The number of ether oxygens (including phenoxy) is 2. The molecule has 2 aliphatic rings. The lowest BCUT2D eigenvalue weighted by Crippen LogP contribution is -2.57. The van der Waals surface area contributed by atoms with Gasteiger partial charge < -0.3 is 14.8 Å². The Morgan fingerprint density at radius 1 is 1.40 bits per heavy atom. The van der Waals surface area contributed by atoms with Crippen LogP contribution in [0.3, 0.4) is 0 Å². The molecule has 2 heterocycles. The van der Waals surface area contributed by atoms with Gasteiger partial charge in [0.2, 0.25) is 0 Å². The van der Waals surface area contributed by atoms with Crippen LogP contribution in [0.4, 0.5) is 0 Å². The molecule has 0 amide bonds. The maximum Gasteiger partial charge on any atom is 0.106 e. The van der Waals surface area contributed by atoms with Crippen LogP contribution in [-0.4, -0.2) is 62.5 Å². The second-order valence-corrected chi connectivity index (χ2v) is 6.61. The second kappa shape index (κ2) is 7.21. The average Bonchev–Trinajstić information content (AvgIpc) is 2.92. The fourth-order valence-corrected chi connectivity index (χ4v) is 3.59. The molecule has 2 aliphatic heterocycles. The van der Waals surface area contributed by atoms with Gasteiger partial charge in [0.1, 0.15) is 5.60 Å². The van der Waals surface area contributed by atoms with Gasteiger partial charge in [-0.1, -0.05) is 13.8 Å². The summed E-state index contributed by atoms with van der Waals surface area (Å²) < 4.78 is 11.4. The molecule has 4 heteroatoms. The van der Waals surface area contributed by atoms with Gasteiger partial charge in [0, 0.05) is 45.3 Å². The van der Waals surface area contributed by atoms with E-state index < -0.39 is 0 Å². The molecule has 1 N–H and O–H groups in total. The molecule has 0 aromatic carbocycles. The summed E-state index contributed by atoms with van der Waals surface area (Å²) >= 11 is 0. The number of nitrogens with zero attached hydrogens (tertiary/aromatic N) is 1. The SMILES string of the molecule is CCCNC1CCN(CC2(OC)CCOC2)C(C)C1C. The highest BCUT2D eigenvalue weighted by atomic mass is 16.5. The van der Waals surface area contributed by atoms with E-state index >= 15 is 0 Å². The van der Waals surface area contributed by atoms with Gasteiger partial charge in [-0.25, -0.2) is 0 Å². The van der Waals surface area contributed by atoms with E-state index in [1.165, 1.54) is 12.8 Å². The second-order valence-electron chi connectivity index (χ2n) is 6.61. The molecule has 0 saturated carbocycles. The molecular formula is C16H32N2O2. The van der Waals surface area contributed by atoms with Gasteiger partial charge in [-0.3, -0.25) is 4.90 Å². The van der Waals surface area contributed by atoms with Crippen LogP contribution in [0.2, 0.25) is 0 Å². The topological polar surface area (TPSA) is 33.7 Å². The minimum Gasteiger partial charge on any atom is -0.378 e. The zero-order valence-corrected chi connectivity index (χ0v) is 13.7. The predicted molar refractivity (Wildman–Crippen MR) is 82.1 cm³/mol. The van der Waals surface area contributed by atoms with Crippen molar-refractivity contribution in [3.05, 3.63) is 0 Å². The van der Waals surface area contributed by atoms with E-state index in [-0.39, 0.29) is 5.60 Å². The normalized spacial score (nSPS) is 39.3. The Morgan fingerprint density at radius 3 is 2.80 bits per heavy atom. The predicted octanol–water partition coefficient (Wildman–Crippen LogP) is 1.89. The Bertz CT molecular complexity index is 292. The summed E-state index contributed by atoms with van der Waals surface area (Å²) in [4.78, 5) is 2.60. The van der Waals surface area contributed by atoms with Gasteiger partial charge >= 0.3 is 0 Å². The quantitative estimate of drug-likeness (QED) is 0.807. The van der Waals surface area contributed by atoms with Crippen molar-refractivity contribution in [1.82, 2.24) is 10.2 Å². The van der Waals surface area contributed by atoms with Crippen LogP contribution in [0.1, 0.15) is 40.0 Å². The monoisotopic (exact) mass is 284 g/mol. The summed E-state index contributed by atoms with van der Waals surface area (Å²) in [6, 6.07) is 1.27. The third-order valence-electron chi connectivity index (χ3n) is 5.35. The highest BCUT2D eigenvalue weighted by Crippen LogP contribution is 2.29. The summed E-state index contributed by atoms with van der Waals surface area (Å²) in [5, 5.41) is 3.71. The first-order valence-electron chi connectivity index (χ1n) is 8.22. The summed E-state index contributed by atoms with van der Waals surface area (Å²) in [5.74, 6) is 0.687. The molecule has 0 bridgehead atoms. The molecule has 4 nitrogen and oxygen atoms in total. The lowest BCUT2D eigenvalue weighted by atomic mass is 9.85. The summed E-state index contributed by atoms with van der Waals surface area (Å²) in [6.07, 6.45) is 3.48. The van der Waals surface area contributed by atoms with Crippen LogP contribution in [-0.2, 0) is 9.47 Å². The molecule has 118 valence electrons. The first-order chi connectivity index (χ1) is 9.62. The van der Waals surface area contributed by atoms with E-state index in [1.54, 1.807) is 0 Å². The van der Waals surface area contributed by atoms with E-state index in [1.807, 2.05) is 7.11 Å². The molecule has 2 rings (SSSR count). The molecule has 0 spiro atoms. The van der Waals surface area contributed by atoms with Crippen LogP contribution in [0.5, 0.6) is 0 Å². The fourth-order valence-electron chi connectivity index (χ4n) is 3.59. The first kappa shape index (κ1) is 16.2. The van der Waals surface area contributed by atoms with Crippen molar-refractivity contribution in [2.24, 2.45) is 5.92 Å². The maximum absolute atomic E-state index is 5.79. The van der Waals surface area contributed by atoms with Crippen molar-refractivity contribution in [1.29, 1.82) is 0 Å². The van der Waals surface area contributed by atoms with Crippen molar-refractivity contribution in [2.75, 3.05) is 40.0 Å². The zero-order chi connectivity index (χ0) is 14.6. The lowest BCUT2D eigenvalue weighted by molar-refractivity contribution is -0.0604. The number of nitrogens with one attached hydrogen (secondary N) is 1. The number of hydrogen-bond acceptors (Lipinski definition) is 4. The van der Waals surface area contributed by atoms with Crippen LogP contribution < -0.4 is 5.32 Å². The molecule has 20 heavy (non-hydrogen) atoms. The van der Waals surface area contributed by atoms with E-state index in [0.29, 0.717) is 18.0 Å². The first-order valence-corrected chi connectivity index (χ1v) is 8.22. The minimum absolute atomic E-state index is 0.0718. The Balaban J connectivity index is 1.91. The van der Waals surface area contributed by atoms with Crippen LogP contribution >= 0.6 is 0 Å². The third kappa shape index (κ3) is 3.53. The lowest BCUT2D eigenvalue weighted by Gasteiger charge is -2.45. The van der Waals surface area contributed by atoms with E-state index in [9.17, 15) is 0 Å². The molecule has 4 atom stereocenters. The van der Waals surface area contributed by atoms with Gasteiger partial charge in [0.25, 0.3) is 0 Å². The van der Waals surface area contributed by atoms with Gasteiger partial charge in [-0.15, -0.1) is 0 Å². The van der Waals surface area contributed by atoms with Crippen LogP contribution in [0, 0.1) is 5.92 Å². The Kier molecular flexibility index (Phi) is 5.84. The summed E-state index contributed by atoms with van der Waals surface area (Å²) in [6.45, 7) is 11.9. The molecule has 0 aromatic rings. The van der Waals surface area contributed by atoms with Gasteiger partial charge in [0.05, 0.1) is 6.61 Å². The Labute approximate surface area is 124 Å². The number of hydrogen-bond donors (Lipinski definition) is 1. The van der Waals surface area contributed by atoms with Crippen LogP contribution in [0.15, 0.2) is 0 Å². The van der Waals surface area contributed by atoms with Crippen molar-refractivity contribution >= 4 is 0 Å². The van der Waals surface area contributed by atoms with Gasteiger partial charge in [0.15, 0.2) is 0 Å². The van der Waals surface area contributed by atoms with Crippen molar-refractivity contribution in [3.8, 4) is 0 Å². The Morgan fingerprint density at radius 2 is 2.20 bits per heavy atom. The summed E-state index contributed by atoms with van der Waals surface area (Å²) in [7, 11) is 1.83. The molecule has 4 unspecified atom stereocenters. The standard InChI is InChI=1S/C16H32N2O2/c1-5-8-17-15-6-9-18(14(3)13(15)2)11-16(19-4)7-10-20-12-16/h13-15,17H,5-12H2,1-4H3. The molecule has 2 saturated heterocycles. The van der Waals surface area contributed by atoms with Crippen molar-refractivity contribution in [2.45, 2.75) is 57.7 Å².